The first-order chi connectivity index (χ1) is 8.61. The number of carbonyl (C=O) groups is 1. The third-order valence-electron chi connectivity index (χ3n) is 3.06. The molecule has 2 nitrogen and oxygen atoms in total. The summed E-state index contributed by atoms with van der Waals surface area (Å²) in [5.74, 6) is -0.211. The van der Waals surface area contributed by atoms with E-state index in [1.54, 1.807) is 18.3 Å². The molecule has 0 bridgehead atoms. The summed E-state index contributed by atoms with van der Waals surface area (Å²) in [7, 11) is 0. The van der Waals surface area contributed by atoms with Crippen molar-refractivity contribution in [3.8, 4) is 0 Å². The predicted molar refractivity (Wildman–Crippen MR) is 73.2 cm³/mol. The Morgan fingerprint density at radius 3 is 2.67 bits per heavy atom. The van der Waals surface area contributed by atoms with E-state index in [9.17, 15) is 4.79 Å². The van der Waals surface area contributed by atoms with Gasteiger partial charge in [-0.2, -0.15) is 0 Å². The number of hydrogen-bond acceptors (Lipinski definition) is 2. The standard InChI is InChI=1S/C15H14ClNO/c1-10-12(6-5-7-13(10)16)15(18)11(2)14-8-3-4-9-17-14/h3-9,11H,1-2H3. The van der Waals surface area contributed by atoms with Crippen LogP contribution in [0.1, 0.15) is 34.5 Å². The van der Waals surface area contributed by atoms with E-state index in [0.717, 1.165) is 11.3 Å². The van der Waals surface area contributed by atoms with Gasteiger partial charge in [-0.25, -0.2) is 0 Å². The van der Waals surface area contributed by atoms with Crippen LogP contribution in [0.4, 0.5) is 0 Å². The number of Topliss-reactive ketones (excluding diaryl/α,β-unsaturated/α-hetero) is 1. The lowest BCUT2D eigenvalue weighted by molar-refractivity contribution is 0.0964. The number of rotatable bonds is 3. The van der Waals surface area contributed by atoms with E-state index in [2.05, 4.69) is 4.98 Å². The fourth-order valence-corrected chi connectivity index (χ4v) is 2.05. The van der Waals surface area contributed by atoms with E-state index >= 15 is 0 Å². The number of aromatic nitrogens is 1. The number of carbonyl (C=O) groups excluding carboxylic acids is 1. The van der Waals surface area contributed by atoms with Crippen LogP contribution in [0.25, 0.3) is 0 Å². The molecule has 0 aliphatic heterocycles. The average molecular weight is 260 g/mol. The maximum absolute atomic E-state index is 12.4. The largest absolute Gasteiger partial charge is 0.293 e. The molecule has 0 aliphatic carbocycles. The third-order valence-corrected chi connectivity index (χ3v) is 3.47. The Balaban J connectivity index is 2.35. The van der Waals surface area contributed by atoms with Crippen LogP contribution in [0.5, 0.6) is 0 Å². The fourth-order valence-electron chi connectivity index (χ4n) is 1.87. The lowest BCUT2D eigenvalue weighted by Crippen LogP contribution is -2.12. The third kappa shape index (κ3) is 2.44. The van der Waals surface area contributed by atoms with E-state index in [-0.39, 0.29) is 11.7 Å². The van der Waals surface area contributed by atoms with Gasteiger partial charge in [-0.3, -0.25) is 9.78 Å². The fraction of sp³-hybridized carbons (Fsp3) is 0.200. The Morgan fingerprint density at radius 1 is 1.22 bits per heavy atom. The summed E-state index contributed by atoms with van der Waals surface area (Å²) in [4.78, 5) is 16.6. The molecule has 1 unspecified atom stereocenters. The first kappa shape index (κ1) is 12.8. The minimum absolute atomic E-state index is 0.0497. The lowest BCUT2D eigenvalue weighted by atomic mass is 9.93. The van der Waals surface area contributed by atoms with Gasteiger partial charge in [0.1, 0.15) is 0 Å². The van der Waals surface area contributed by atoms with Crippen LogP contribution in [0, 0.1) is 6.92 Å². The van der Waals surface area contributed by atoms with Crippen molar-refractivity contribution in [1.82, 2.24) is 4.98 Å². The molecule has 92 valence electrons. The summed E-state index contributed by atoms with van der Waals surface area (Å²) in [5.41, 5.74) is 2.27. The van der Waals surface area contributed by atoms with Gasteiger partial charge in [0.25, 0.3) is 0 Å². The van der Waals surface area contributed by atoms with Gasteiger partial charge >= 0.3 is 0 Å². The van der Waals surface area contributed by atoms with E-state index < -0.39 is 0 Å². The molecule has 0 aliphatic rings. The van der Waals surface area contributed by atoms with Crippen LogP contribution in [-0.2, 0) is 0 Å². The molecule has 0 amide bonds. The Morgan fingerprint density at radius 2 is 2.00 bits per heavy atom. The highest BCUT2D eigenvalue weighted by atomic mass is 35.5. The maximum atomic E-state index is 12.4. The van der Waals surface area contributed by atoms with E-state index in [1.807, 2.05) is 38.1 Å². The molecule has 1 heterocycles. The van der Waals surface area contributed by atoms with Crippen molar-refractivity contribution < 1.29 is 4.79 Å². The van der Waals surface area contributed by atoms with Gasteiger partial charge in [0, 0.05) is 16.8 Å². The lowest BCUT2D eigenvalue weighted by Gasteiger charge is -2.12. The van der Waals surface area contributed by atoms with Gasteiger partial charge in [-0.15, -0.1) is 0 Å². The van der Waals surface area contributed by atoms with Crippen molar-refractivity contribution >= 4 is 17.4 Å². The van der Waals surface area contributed by atoms with Gasteiger partial charge in [-0.05, 0) is 37.6 Å². The molecule has 0 N–H and O–H groups in total. The molecule has 0 saturated carbocycles. The molecule has 2 rings (SSSR count). The van der Waals surface area contributed by atoms with Gasteiger partial charge in [0.2, 0.25) is 0 Å². The normalized spacial score (nSPS) is 12.2. The highest BCUT2D eigenvalue weighted by Crippen LogP contribution is 2.24. The monoisotopic (exact) mass is 259 g/mol. The number of halogens is 1. The van der Waals surface area contributed by atoms with Crippen molar-refractivity contribution in [1.29, 1.82) is 0 Å². The summed E-state index contributed by atoms with van der Waals surface area (Å²) in [6.07, 6.45) is 1.70. The molecular weight excluding hydrogens is 246 g/mol. The second-order valence-electron chi connectivity index (χ2n) is 4.25. The second-order valence-corrected chi connectivity index (χ2v) is 4.66. The number of nitrogens with zero attached hydrogens (tertiary/aromatic N) is 1. The first-order valence-electron chi connectivity index (χ1n) is 5.81. The van der Waals surface area contributed by atoms with Crippen LogP contribution in [0.2, 0.25) is 5.02 Å². The highest BCUT2D eigenvalue weighted by Gasteiger charge is 2.20. The molecule has 0 saturated heterocycles. The number of benzene rings is 1. The Hall–Kier alpha value is -1.67. The molecule has 0 fully saturated rings. The zero-order valence-corrected chi connectivity index (χ0v) is 11.1. The van der Waals surface area contributed by atoms with Crippen molar-refractivity contribution in [3.63, 3.8) is 0 Å². The van der Waals surface area contributed by atoms with Crippen LogP contribution >= 0.6 is 11.6 Å². The summed E-state index contributed by atoms with van der Waals surface area (Å²) in [6, 6.07) is 11.0. The van der Waals surface area contributed by atoms with Gasteiger partial charge < -0.3 is 0 Å². The smallest absolute Gasteiger partial charge is 0.171 e. The molecule has 1 atom stereocenters. The molecule has 1 aromatic heterocycles. The van der Waals surface area contributed by atoms with Crippen LogP contribution < -0.4 is 0 Å². The average Bonchev–Trinajstić information content (AvgIpc) is 2.41. The summed E-state index contributed by atoms with van der Waals surface area (Å²) >= 11 is 6.04. The predicted octanol–water partition coefficient (Wildman–Crippen LogP) is 4.03. The zero-order chi connectivity index (χ0) is 13.1. The quantitative estimate of drug-likeness (QED) is 0.779. The second kappa shape index (κ2) is 5.32. The van der Waals surface area contributed by atoms with Gasteiger partial charge in [0.15, 0.2) is 5.78 Å². The molecule has 3 heteroatoms. The van der Waals surface area contributed by atoms with Crippen molar-refractivity contribution in [3.05, 3.63) is 64.4 Å². The molecule has 1 aromatic carbocycles. The van der Waals surface area contributed by atoms with Crippen molar-refractivity contribution in [2.45, 2.75) is 19.8 Å². The minimum Gasteiger partial charge on any atom is -0.293 e. The summed E-state index contributed by atoms with van der Waals surface area (Å²) in [5, 5.41) is 0.620. The highest BCUT2D eigenvalue weighted by molar-refractivity contribution is 6.31. The first-order valence-corrected chi connectivity index (χ1v) is 6.19. The molecule has 0 radical (unpaired) electrons. The zero-order valence-electron chi connectivity index (χ0n) is 10.4. The van der Waals surface area contributed by atoms with Crippen molar-refractivity contribution in [2.24, 2.45) is 0 Å². The molecule has 0 spiro atoms. The Labute approximate surface area is 112 Å². The SMILES string of the molecule is Cc1c(Cl)cccc1C(=O)C(C)c1ccccn1. The molecule has 2 aromatic rings. The minimum atomic E-state index is -0.261. The van der Waals surface area contributed by atoms with E-state index in [4.69, 9.17) is 11.6 Å². The van der Waals surface area contributed by atoms with Crippen molar-refractivity contribution in [2.75, 3.05) is 0 Å². The topological polar surface area (TPSA) is 30.0 Å². The van der Waals surface area contributed by atoms with Crippen LogP contribution in [0.15, 0.2) is 42.6 Å². The summed E-state index contributed by atoms with van der Waals surface area (Å²) < 4.78 is 0. The number of ketones is 1. The van der Waals surface area contributed by atoms with Gasteiger partial charge in [-0.1, -0.05) is 29.8 Å². The Bertz CT molecular complexity index is 566. The molecule has 18 heavy (non-hydrogen) atoms. The van der Waals surface area contributed by atoms with E-state index in [0.29, 0.717) is 10.6 Å². The summed E-state index contributed by atoms with van der Waals surface area (Å²) in [6.45, 7) is 3.73. The van der Waals surface area contributed by atoms with Gasteiger partial charge in [0.05, 0.1) is 11.6 Å². The maximum Gasteiger partial charge on any atom is 0.171 e. The Kier molecular flexibility index (Phi) is 3.78. The molecular formula is C15H14ClNO. The van der Waals surface area contributed by atoms with E-state index in [1.165, 1.54) is 0 Å². The number of pyridine rings is 1. The number of hydrogen-bond donors (Lipinski definition) is 0. The van der Waals surface area contributed by atoms with Crippen LogP contribution in [0.3, 0.4) is 0 Å². The van der Waals surface area contributed by atoms with Crippen LogP contribution in [-0.4, -0.2) is 10.8 Å².